The summed E-state index contributed by atoms with van der Waals surface area (Å²) in [6.07, 6.45) is 6.94. The van der Waals surface area contributed by atoms with Gasteiger partial charge in [0.05, 0.1) is 11.4 Å². The number of anilines is 1. The number of hydrogen-bond donors (Lipinski definition) is 1. The second kappa shape index (κ2) is 6.45. The van der Waals surface area contributed by atoms with E-state index in [4.69, 9.17) is 0 Å². The first-order chi connectivity index (χ1) is 10.7. The molecule has 0 radical (unpaired) electrons. The van der Waals surface area contributed by atoms with Gasteiger partial charge in [-0.05, 0) is 25.0 Å². The summed E-state index contributed by atoms with van der Waals surface area (Å²) < 4.78 is 30.9. The number of benzene rings is 1. The zero-order chi connectivity index (χ0) is 15.4. The molecule has 3 rings (SSSR count). The molecule has 7 nitrogen and oxygen atoms in total. The van der Waals surface area contributed by atoms with Crippen LogP contribution in [0.1, 0.15) is 25.7 Å². The molecule has 2 aromatic rings. The lowest BCUT2D eigenvalue weighted by molar-refractivity contribution is 0.427. The first-order valence-electron chi connectivity index (χ1n) is 7.39. The Hall–Kier alpha value is -1.93. The molecule has 22 heavy (non-hydrogen) atoms. The molecular formula is C14H19N5O2S. The van der Waals surface area contributed by atoms with Crippen LogP contribution in [-0.2, 0) is 10.2 Å². The van der Waals surface area contributed by atoms with Gasteiger partial charge in [-0.2, -0.15) is 17.8 Å². The maximum Gasteiger partial charge on any atom is 0.301 e. The van der Waals surface area contributed by atoms with Crippen LogP contribution < -0.4 is 4.72 Å². The van der Waals surface area contributed by atoms with E-state index in [1.165, 1.54) is 10.6 Å². The molecule has 0 amide bonds. The molecule has 0 aliphatic carbocycles. The molecule has 1 aromatic heterocycles. The van der Waals surface area contributed by atoms with E-state index in [0.29, 0.717) is 24.5 Å². The highest BCUT2D eigenvalue weighted by Gasteiger charge is 2.23. The third-order valence-corrected chi connectivity index (χ3v) is 5.24. The third-order valence-electron chi connectivity index (χ3n) is 3.71. The Morgan fingerprint density at radius 1 is 1.05 bits per heavy atom. The van der Waals surface area contributed by atoms with Gasteiger partial charge in [0, 0.05) is 13.1 Å². The van der Waals surface area contributed by atoms with Gasteiger partial charge >= 0.3 is 10.2 Å². The first-order valence-corrected chi connectivity index (χ1v) is 8.83. The molecule has 0 bridgehead atoms. The lowest BCUT2D eigenvalue weighted by Crippen LogP contribution is -2.36. The summed E-state index contributed by atoms with van der Waals surface area (Å²) in [6.45, 7) is 1.14. The number of nitrogens with zero attached hydrogens (tertiary/aromatic N) is 4. The number of hydrogen-bond acceptors (Lipinski definition) is 4. The van der Waals surface area contributed by atoms with Crippen molar-refractivity contribution < 1.29 is 8.42 Å². The van der Waals surface area contributed by atoms with Gasteiger partial charge in [0.1, 0.15) is 12.7 Å². The fourth-order valence-corrected chi connectivity index (χ4v) is 3.90. The van der Waals surface area contributed by atoms with E-state index in [9.17, 15) is 8.42 Å². The van der Waals surface area contributed by atoms with E-state index in [1.807, 2.05) is 6.07 Å². The van der Waals surface area contributed by atoms with Crippen LogP contribution in [0.2, 0.25) is 0 Å². The van der Waals surface area contributed by atoms with Gasteiger partial charge in [-0.15, -0.1) is 0 Å². The molecule has 8 heteroatoms. The molecule has 1 aliphatic rings. The highest BCUT2D eigenvalue weighted by atomic mass is 32.2. The Labute approximate surface area is 130 Å². The monoisotopic (exact) mass is 321 g/mol. The van der Waals surface area contributed by atoms with Gasteiger partial charge in [-0.3, -0.25) is 4.72 Å². The SMILES string of the molecule is O=S(=O)(Nc1ccccc1-n1cncn1)N1CCCCCC1. The second-order valence-electron chi connectivity index (χ2n) is 5.28. The molecule has 1 fully saturated rings. The number of aromatic nitrogens is 3. The summed E-state index contributed by atoms with van der Waals surface area (Å²) in [4.78, 5) is 3.90. The van der Waals surface area contributed by atoms with Crippen LogP contribution in [0, 0.1) is 0 Å². The molecule has 0 unspecified atom stereocenters. The van der Waals surface area contributed by atoms with Crippen molar-refractivity contribution in [3.63, 3.8) is 0 Å². The van der Waals surface area contributed by atoms with Gasteiger partial charge in [-0.1, -0.05) is 25.0 Å². The molecule has 0 spiro atoms. The lowest BCUT2D eigenvalue weighted by Gasteiger charge is -2.21. The minimum atomic E-state index is -3.55. The van der Waals surface area contributed by atoms with E-state index in [1.54, 1.807) is 29.2 Å². The molecular weight excluding hydrogens is 302 g/mol. The number of nitrogens with one attached hydrogen (secondary N) is 1. The van der Waals surface area contributed by atoms with Gasteiger partial charge in [0.25, 0.3) is 0 Å². The average Bonchev–Trinajstić information content (AvgIpc) is 2.88. The maximum atomic E-state index is 12.6. The van der Waals surface area contributed by atoms with Crippen LogP contribution >= 0.6 is 0 Å². The zero-order valence-electron chi connectivity index (χ0n) is 12.2. The molecule has 1 aliphatic heterocycles. The molecule has 1 aromatic carbocycles. The van der Waals surface area contributed by atoms with Crippen molar-refractivity contribution in [3.05, 3.63) is 36.9 Å². The van der Waals surface area contributed by atoms with Crippen LogP contribution in [0.15, 0.2) is 36.9 Å². The molecule has 1 N–H and O–H groups in total. The smallest absolute Gasteiger partial charge is 0.269 e. The van der Waals surface area contributed by atoms with E-state index >= 15 is 0 Å². The van der Waals surface area contributed by atoms with E-state index in [-0.39, 0.29) is 0 Å². The molecule has 0 saturated carbocycles. The standard InChI is InChI=1S/C14H19N5O2S/c20-22(21,18-9-5-1-2-6-10-18)17-13-7-3-4-8-14(13)19-12-15-11-16-19/h3-4,7-8,11-12,17H,1-2,5-6,9-10H2. The Morgan fingerprint density at radius 2 is 1.77 bits per heavy atom. The van der Waals surface area contributed by atoms with Crippen molar-refractivity contribution in [2.24, 2.45) is 0 Å². The largest absolute Gasteiger partial charge is 0.301 e. The lowest BCUT2D eigenvalue weighted by atomic mass is 10.2. The predicted molar refractivity (Wildman–Crippen MR) is 83.9 cm³/mol. The quantitative estimate of drug-likeness (QED) is 0.931. The third kappa shape index (κ3) is 3.28. The molecule has 118 valence electrons. The van der Waals surface area contributed by atoms with E-state index in [2.05, 4.69) is 14.8 Å². The van der Waals surface area contributed by atoms with Crippen molar-refractivity contribution in [1.82, 2.24) is 19.1 Å². The van der Waals surface area contributed by atoms with Crippen molar-refractivity contribution in [2.45, 2.75) is 25.7 Å². The second-order valence-corrected chi connectivity index (χ2v) is 6.95. The summed E-state index contributed by atoms with van der Waals surface area (Å²) in [7, 11) is -3.55. The normalized spacial score (nSPS) is 17.1. The molecule has 1 saturated heterocycles. The van der Waals surface area contributed by atoms with Crippen LogP contribution in [0.25, 0.3) is 5.69 Å². The summed E-state index contributed by atoms with van der Waals surface area (Å²) in [6, 6.07) is 7.16. The summed E-state index contributed by atoms with van der Waals surface area (Å²) in [5.74, 6) is 0. The Morgan fingerprint density at radius 3 is 2.45 bits per heavy atom. The highest BCUT2D eigenvalue weighted by Crippen LogP contribution is 2.22. The first kappa shape index (κ1) is 15.0. The van der Waals surface area contributed by atoms with Crippen molar-refractivity contribution in [1.29, 1.82) is 0 Å². The van der Waals surface area contributed by atoms with Crippen LogP contribution in [-0.4, -0.2) is 40.6 Å². The Balaban J connectivity index is 1.86. The van der Waals surface area contributed by atoms with Gasteiger partial charge < -0.3 is 0 Å². The van der Waals surface area contributed by atoms with Gasteiger partial charge in [0.2, 0.25) is 0 Å². The minimum Gasteiger partial charge on any atom is -0.269 e. The van der Waals surface area contributed by atoms with Crippen LogP contribution in [0.4, 0.5) is 5.69 Å². The summed E-state index contributed by atoms with van der Waals surface area (Å²) in [5, 5.41) is 4.06. The topological polar surface area (TPSA) is 80.1 Å². The van der Waals surface area contributed by atoms with E-state index < -0.39 is 10.2 Å². The highest BCUT2D eigenvalue weighted by molar-refractivity contribution is 7.90. The molecule has 2 heterocycles. The van der Waals surface area contributed by atoms with Gasteiger partial charge in [0.15, 0.2) is 0 Å². The van der Waals surface area contributed by atoms with Crippen LogP contribution in [0.5, 0.6) is 0 Å². The average molecular weight is 321 g/mol. The van der Waals surface area contributed by atoms with Crippen molar-refractivity contribution >= 4 is 15.9 Å². The number of rotatable bonds is 4. The van der Waals surface area contributed by atoms with E-state index in [0.717, 1.165) is 25.7 Å². The Kier molecular flexibility index (Phi) is 4.39. The van der Waals surface area contributed by atoms with Crippen molar-refractivity contribution in [2.75, 3.05) is 17.8 Å². The zero-order valence-corrected chi connectivity index (χ0v) is 13.0. The predicted octanol–water partition coefficient (Wildman–Crippen LogP) is 1.80. The fraction of sp³-hybridized carbons (Fsp3) is 0.429. The molecule has 0 atom stereocenters. The maximum absolute atomic E-state index is 12.6. The summed E-state index contributed by atoms with van der Waals surface area (Å²) in [5.41, 5.74) is 1.15. The van der Waals surface area contributed by atoms with Crippen LogP contribution in [0.3, 0.4) is 0 Å². The minimum absolute atomic E-state index is 0.497. The van der Waals surface area contributed by atoms with Gasteiger partial charge in [-0.25, -0.2) is 9.67 Å². The number of para-hydroxylation sites is 2. The fourth-order valence-electron chi connectivity index (χ4n) is 2.58. The summed E-state index contributed by atoms with van der Waals surface area (Å²) >= 11 is 0. The Bertz CT molecular complexity index is 707. The van der Waals surface area contributed by atoms with Crippen molar-refractivity contribution in [3.8, 4) is 5.69 Å².